The van der Waals surface area contributed by atoms with E-state index in [0.29, 0.717) is 0 Å². The van der Waals surface area contributed by atoms with Crippen LogP contribution in [0.3, 0.4) is 0 Å². The van der Waals surface area contributed by atoms with Gasteiger partial charge in [-0.3, -0.25) is 4.90 Å². The maximum absolute atomic E-state index is 6.11. The van der Waals surface area contributed by atoms with E-state index >= 15 is 0 Å². The lowest BCUT2D eigenvalue weighted by Crippen LogP contribution is -2.43. The monoisotopic (exact) mass is 354 g/mol. The summed E-state index contributed by atoms with van der Waals surface area (Å²) < 4.78 is 12.7. The molecule has 0 amide bonds. The van der Waals surface area contributed by atoms with Gasteiger partial charge in [-0.2, -0.15) is 0 Å². The van der Waals surface area contributed by atoms with Crippen molar-refractivity contribution < 1.29 is 9.47 Å². The maximum Gasteiger partial charge on any atom is 0.166 e. The molecule has 0 atom stereocenters. The number of rotatable bonds is 6. The van der Waals surface area contributed by atoms with E-state index in [1.807, 2.05) is 6.07 Å². The fourth-order valence-electron chi connectivity index (χ4n) is 2.63. The first kappa shape index (κ1) is 15.1. The number of benzene rings is 1. The Morgan fingerprint density at radius 3 is 2.71 bits per heavy atom. The van der Waals surface area contributed by atoms with Crippen LogP contribution < -0.4 is 14.8 Å². The summed E-state index contributed by atoms with van der Waals surface area (Å²) in [5, 5.41) is 3.39. The fourth-order valence-corrected chi connectivity index (χ4v) is 3.06. The fraction of sp³-hybridized carbons (Fsp3) is 0.625. The van der Waals surface area contributed by atoms with Crippen LogP contribution in [0.2, 0.25) is 0 Å². The smallest absolute Gasteiger partial charge is 0.166 e. The highest BCUT2D eigenvalue weighted by Gasteiger charge is 2.24. The Hall–Kier alpha value is -0.780. The Balaban J connectivity index is 1.80. The minimum atomic E-state index is 0.737. The molecule has 4 nitrogen and oxygen atoms in total. The average molecular weight is 355 g/mol. The molecule has 0 spiro atoms. The molecule has 116 valence electrons. The van der Waals surface area contributed by atoms with Crippen LogP contribution in [0.1, 0.15) is 18.4 Å². The Morgan fingerprint density at radius 2 is 2.05 bits per heavy atom. The quantitative estimate of drug-likeness (QED) is 0.851. The molecule has 1 aromatic carbocycles. The number of piperazine rings is 1. The Labute approximate surface area is 134 Å². The van der Waals surface area contributed by atoms with Gasteiger partial charge in [-0.1, -0.05) is 15.9 Å². The van der Waals surface area contributed by atoms with Gasteiger partial charge in [0.15, 0.2) is 11.5 Å². The topological polar surface area (TPSA) is 33.7 Å². The van der Waals surface area contributed by atoms with Gasteiger partial charge >= 0.3 is 0 Å². The number of nitrogens with zero attached hydrogens (tertiary/aromatic N) is 1. The first-order valence-electron chi connectivity index (χ1n) is 7.69. The third kappa shape index (κ3) is 3.90. The van der Waals surface area contributed by atoms with Crippen LogP contribution in [-0.2, 0) is 6.54 Å². The minimum Gasteiger partial charge on any atom is -0.493 e. The van der Waals surface area contributed by atoms with Crippen LogP contribution in [0.5, 0.6) is 11.5 Å². The first-order chi connectivity index (χ1) is 10.3. The van der Waals surface area contributed by atoms with Gasteiger partial charge in [0.25, 0.3) is 0 Å². The van der Waals surface area contributed by atoms with Crippen molar-refractivity contribution >= 4 is 15.9 Å². The zero-order valence-electron chi connectivity index (χ0n) is 12.5. The van der Waals surface area contributed by atoms with Crippen LogP contribution in [0.4, 0.5) is 0 Å². The molecule has 1 saturated heterocycles. The molecule has 3 rings (SSSR count). The number of nitrogens with one attached hydrogen (secondary N) is 1. The van der Waals surface area contributed by atoms with Crippen molar-refractivity contribution in [1.82, 2.24) is 10.2 Å². The molecular weight excluding hydrogens is 332 g/mol. The zero-order chi connectivity index (χ0) is 14.7. The van der Waals surface area contributed by atoms with E-state index < -0.39 is 0 Å². The predicted molar refractivity (Wildman–Crippen MR) is 87.1 cm³/mol. The van der Waals surface area contributed by atoms with E-state index in [4.69, 9.17) is 9.47 Å². The van der Waals surface area contributed by atoms with Crippen molar-refractivity contribution in [1.29, 1.82) is 0 Å². The van der Waals surface area contributed by atoms with Crippen LogP contribution in [0.25, 0.3) is 0 Å². The number of ether oxygens (including phenoxy) is 2. The molecule has 2 fully saturated rings. The summed E-state index contributed by atoms with van der Waals surface area (Å²) in [5.41, 5.74) is 1.21. The second-order valence-corrected chi connectivity index (χ2v) is 6.69. The average Bonchev–Trinajstić information content (AvgIpc) is 3.33. The highest BCUT2D eigenvalue weighted by molar-refractivity contribution is 9.10. The number of methoxy groups -OCH3 is 1. The van der Waals surface area contributed by atoms with Gasteiger partial charge in [0.05, 0.1) is 13.7 Å². The molecule has 5 heteroatoms. The van der Waals surface area contributed by atoms with Gasteiger partial charge in [0, 0.05) is 42.8 Å². The van der Waals surface area contributed by atoms with E-state index in [1.165, 1.54) is 18.4 Å². The Morgan fingerprint density at radius 1 is 1.29 bits per heavy atom. The van der Waals surface area contributed by atoms with Crippen molar-refractivity contribution in [2.45, 2.75) is 19.4 Å². The van der Waals surface area contributed by atoms with E-state index in [0.717, 1.165) is 61.2 Å². The third-order valence-electron chi connectivity index (χ3n) is 4.14. The van der Waals surface area contributed by atoms with E-state index in [2.05, 4.69) is 32.2 Å². The van der Waals surface area contributed by atoms with E-state index in [9.17, 15) is 0 Å². The Kier molecular flexibility index (Phi) is 5.03. The molecule has 1 saturated carbocycles. The van der Waals surface area contributed by atoms with Gasteiger partial charge in [-0.25, -0.2) is 0 Å². The number of hydrogen-bond donors (Lipinski definition) is 1. The van der Waals surface area contributed by atoms with Crippen molar-refractivity contribution in [2.75, 3.05) is 39.9 Å². The number of hydrogen-bond acceptors (Lipinski definition) is 4. The molecule has 0 radical (unpaired) electrons. The highest BCUT2D eigenvalue weighted by Crippen LogP contribution is 2.39. The summed E-state index contributed by atoms with van der Waals surface area (Å²) in [5.74, 6) is 2.49. The van der Waals surface area contributed by atoms with E-state index in [-0.39, 0.29) is 0 Å². The normalized spacial score (nSPS) is 19.5. The molecule has 21 heavy (non-hydrogen) atoms. The molecule has 1 aromatic rings. The van der Waals surface area contributed by atoms with Crippen LogP contribution >= 0.6 is 15.9 Å². The second kappa shape index (κ2) is 6.99. The van der Waals surface area contributed by atoms with Crippen molar-refractivity contribution in [3.8, 4) is 11.5 Å². The predicted octanol–water partition coefficient (Wildman–Crippen LogP) is 2.65. The molecule has 1 N–H and O–H groups in total. The summed E-state index contributed by atoms with van der Waals surface area (Å²) >= 11 is 3.68. The summed E-state index contributed by atoms with van der Waals surface area (Å²) in [4.78, 5) is 2.46. The summed E-state index contributed by atoms with van der Waals surface area (Å²) in [6.45, 7) is 5.97. The van der Waals surface area contributed by atoms with Crippen molar-refractivity contribution in [2.24, 2.45) is 5.92 Å². The van der Waals surface area contributed by atoms with Crippen molar-refractivity contribution in [3.05, 3.63) is 22.2 Å². The van der Waals surface area contributed by atoms with Gasteiger partial charge < -0.3 is 14.8 Å². The molecule has 1 heterocycles. The van der Waals surface area contributed by atoms with Gasteiger partial charge in [-0.05, 0) is 30.9 Å². The second-order valence-electron chi connectivity index (χ2n) is 5.84. The molecule has 0 bridgehead atoms. The summed E-state index contributed by atoms with van der Waals surface area (Å²) in [7, 11) is 1.71. The molecule has 1 aliphatic heterocycles. The largest absolute Gasteiger partial charge is 0.493 e. The summed E-state index contributed by atoms with van der Waals surface area (Å²) in [6.07, 6.45) is 2.59. The van der Waals surface area contributed by atoms with Crippen LogP contribution in [-0.4, -0.2) is 44.8 Å². The van der Waals surface area contributed by atoms with Gasteiger partial charge in [-0.15, -0.1) is 0 Å². The standard InChI is InChI=1S/C16H23BrN2O2/c1-20-15-5-4-14(17)13(10-19-8-6-18-7-9-19)16(15)21-11-12-2-3-12/h4-5,12,18H,2-3,6-11H2,1H3. The molecular formula is C16H23BrN2O2. The molecule has 1 aliphatic carbocycles. The molecule has 0 aromatic heterocycles. The first-order valence-corrected chi connectivity index (χ1v) is 8.48. The van der Waals surface area contributed by atoms with Crippen LogP contribution in [0.15, 0.2) is 16.6 Å². The lowest BCUT2D eigenvalue weighted by molar-refractivity contribution is 0.223. The lowest BCUT2D eigenvalue weighted by Gasteiger charge is -2.28. The highest BCUT2D eigenvalue weighted by atomic mass is 79.9. The minimum absolute atomic E-state index is 0.737. The number of halogens is 1. The summed E-state index contributed by atoms with van der Waals surface area (Å²) in [6, 6.07) is 4.04. The van der Waals surface area contributed by atoms with Gasteiger partial charge in [0.2, 0.25) is 0 Å². The van der Waals surface area contributed by atoms with E-state index in [1.54, 1.807) is 7.11 Å². The zero-order valence-corrected chi connectivity index (χ0v) is 14.1. The maximum atomic E-state index is 6.11. The SMILES string of the molecule is COc1ccc(Br)c(CN2CCNCC2)c1OCC1CC1. The molecule has 2 aliphatic rings. The lowest BCUT2D eigenvalue weighted by atomic mass is 10.1. The van der Waals surface area contributed by atoms with Gasteiger partial charge in [0.1, 0.15) is 0 Å². The molecule has 0 unspecified atom stereocenters. The van der Waals surface area contributed by atoms with Crippen molar-refractivity contribution in [3.63, 3.8) is 0 Å². The Bertz CT molecular complexity index is 485. The third-order valence-corrected chi connectivity index (χ3v) is 4.88. The van der Waals surface area contributed by atoms with Crippen LogP contribution in [0, 0.1) is 5.92 Å².